The van der Waals surface area contributed by atoms with Gasteiger partial charge in [0.25, 0.3) is 5.92 Å². The Hall–Kier alpha value is -3.07. The summed E-state index contributed by atoms with van der Waals surface area (Å²) in [5, 5.41) is 20.9. The van der Waals surface area contributed by atoms with Crippen LogP contribution in [-0.2, 0) is 0 Å². The van der Waals surface area contributed by atoms with Gasteiger partial charge < -0.3 is 19.7 Å². The van der Waals surface area contributed by atoms with Crippen molar-refractivity contribution < 1.29 is 21.4 Å². The van der Waals surface area contributed by atoms with Crippen LogP contribution in [-0.4, -0.2) is 48.9 Å². The maximum Gasteiger partial charge on any atom is 0.264 e. The van der Waals surface area contributed by atoms with Crippen molar-refractivity contribution in [1.82, 2.24) is 25.1 Å². The number of imidazole rings is 1. The Morgan fingerprint density at radius 2 is 2.14 bits per heavy atom. The van der Waals surface area contributed by atoms with Crippen molar-refractivity contribution in [3.63, 3.8) is 0 Å². The van der Waals surface area contributed by atoms with Gasteiger partial charge in [-0.05, 0) is 24.6 Å². The Balaban J connectivity index is 1.32. The molecule has 0 amide bonds. The Morgan fingerprint density at radius 3 is 2.83 bits per heavy atom. The van der Waals surface area contributed by atoms with Crippen molar-refractivity contribution in [2.24, 2.45) is 0 Å². The van der Waals surface area contributed by atoms with E-state index in [1.165, 1.54) is 6.07 Å². The molecule has 2 aliphatic rings. The highest BCUT2D eigenvalue weighted by molar-refractivity contribution is 5.68. The first-order valence-corrected chi connectivity index (χ1v) is 9.16. The van der Waals surface area contributed by atoms with E-state index in [0.717, 1.165) is 5.69 Å². The quantitative estimate of drug-likeness (QED) is 0.699. The number of phenolic OH excluding ortho intramolecular Hbond substituents is 1. The number of halogens is 2. The maximum absolute atomic E-state index is 14.2. The van der Waals surface area contributed by atoms with Gasteiger partial charge in [-0.3, -0.25) is 0 Å². The molecule has 9 heteroatoms. The first-order chi connectivity index (χ1) is 14.7. The van der Waals surface area contributed by atoms with E-state index in [-0.39, 0.29) is 24.5 Å². The highest BCUT2D eigenvalue weighted by atomic mass is 19.3. The van der Waals surface area contributed by atoms with Crippen molar-refractivity contribution in [3.05, 3.63) is 49.1 Å². The molecule has 7 nitrogen and oxygen atoms in total. The number of fused-ring (bicyclic) bond motifs is 2. The highest BCUT2D eigenvalue weighted by Gasteiger charge is 2.53. The topological polar surface area (TPSA) is 85.1 Å². The van der Waals surface area contributed by atoms with Crippen LogP contribution < -0.4 is 10.1 Å². The van der Waals surface area contributed by atoms with Gasteiger partial charge in [-0.2, -0.15) is 0 Å². The molecule has 2 fully saturated rings. The van der Waals surface area contributed by atoms with Gasteiger partial charge in [-0.25, -0.2) is 13.8 Å². The monoisotopic (exact) mass is 401 g/mol. The molecule has 0 radical (unpaired) electrons. The van der Waals surface area contributed by atoms with Gasteiger partial charge in [0.2, 0.25) is 5.88 Å². The molecular weight excluding hydrogens is 380 g/mol. The molecular formula is C20H19F2N5O2. The first-order valence-electron chi connectivity index (χ1n) is 10.2. The summed E-state index contributed by atoms with van der Waals surface area (Å²) in [4.78, 5) is 3.97. The number of alkyl halides is 2. The third kappa shape index (κ3) is 3.42. The van der Waals surface area contributed by atoms with Crippen LogP contribution in [0.2, 0.25) is 0 Å². The van der Waals surface area contributed by atoms with Crippen LogP contribution in [0.25, 0.3) is 16.9 Å². The minimum absolute atomic E-state index is 0.0126. The Morgan fingerprint density at radius 1 is 1.24 bits per heavy atom. The lowest BCUT2D eigenvalue weighted by atomic mass is 10.0. The largest absolute Gasteiger partial charge is 0.507 e. The molecule has 3 aromatic rings. The zero-order valence-corrected chi connectivity index (χ0v) is 15.2. The van der Waals surface area contributed by atoms with Crippen LogP contribution in [0.1, 0.15) is 22.0 Å². The molecule has 0 aliphatic carbocycles. The lowest BCUT2D eigenvalue weighted by Gasteiger charge is -2.29. The van der Waals surface area contributed by atoms with E-state index in [1.54, 1.807) is 47.6 Å². The van der Waals surface area contributed by atoms with Crippen molar-refractivity contribution in [1.29, 1.82) is 0 Å². The molecule has 1 aromatic carbocycles. The molecule has 4 heterocycles. The van der Waals surface area contributed by atoms with E-state index in [4.69, 9.17) is 7.48 Å². The fourth-order valence-corrected chi connectivity index (χ4v) is 3.71. The molecule has 29 heavy (non-hydrogen) atoms. The number of benzene rings is 1. The average molecular weight is 401 g/mol. The minimum Gasteiger partial charge on any atom is -0.507 e. The Kier molecular flexibility index (Phi) is 3.69. The van der Waals surface area contributed by atoms with Crippen molar-refractivity contribution in [2.45, 2.75) is 43.3 Å². The molecule has 0 unspecified atom stereocenters. The van der Waals surface area contributed by atoms with E-state index < -0.39 is 30.5 Å². The average Bonchev–Trinajstić information content (AvgIpc) is 3.25. The number of piperidine rings is 1. The molecule has 2 aromatic heterocycles. The third-order valence-electron chi connectivity index (χ3n) is 5.10. The lowest BCUT2D eigenvalue weighted by molar-refractivity contribution is -0.0195. The van der Waals surface area contributed by atoms with Crippen LogP contribution >= 0.6 is 0 Å². The zero-order chi connectivity index (χ0) is 21.9. The fraction of sp³-hybridized carbons (Fsp3) is 0.350. The summed E-state index contributed by atoms with van der Waals surface area (Å²) >= 11 is 0. The van der Waals surface area contributed by atoms with Crippen molar-refractivity contribution in [3.8, 4) is 28.6 Å². The number of rotatable bonds is 4. The summed E-state index contributed by atoms with van der Waals surface area (Å²) in [6, 6.07) is 4.38. The predicted octanol–water partition coefficient (Wildman–Crippen LogP) is 2.94. The van der Waals surface area contributed by atoms with Gasteiger partial charge in [-0.15, -0.1) is 10.2 Å². The Labute approximate surface area is 168 Å². The minimum atomic E-state index is -3.30. The van der Waals surface area contributed by atoms with Crippen LogP contribution in [0.5, 0.6) is 11.6 Å². The molecule has 0 saturated carbocycles. The number of nitrogens with zero attached hydrogens (tertiary/aromatic N) is 4. The van der Waals surface area contributed by atoms with Crippen LogP contribution in [0.3, 0.4) is 0 Å². The zero-order valence-electron chi connectivity index (χ0n) is 17.2. The molecule has 2 saturated heterocycles. The third-order valence-corrected chi connectivity index (χ3v) is 5.10. The van der Waals surface area contributed by atoms with E-state index >= 15 is 0 Å². The number of aromatic hydroxyl groups is 1. The van der Waals surface area contributed by atoms with Crippen LogP contribution in [0, 0.1) is 0 Å². The van der Waals surface area contributed by atoms with Crippen molar-refractivity contribution >= 4 is 0 Å². The van der Waals surface area contributed by atoms with Gasteiger partial charge >= 0.3 is 0 Å². The summed E-state index contributed by atoms with van der Waals surface area (Å²) in [5.41, 5.74) is 1.61. The lowest BCUT2D eigenvalue weighted by Crippen LogP contribution is -2.46. The number of aromatic nitrogens is 4. The molecule has 3 atom stereocenters. The maximum atomic E-state index is 14.2. The van der Waals surface area contributed by atoms with Gasteiger partial charge in [-0.1, -0.05) is 0 Å². The Bertz CT molecular complexity index is 1110. The van der Waals surface area contributed by atoms with E-state index in [1.807, 2.05) is 0 Å². The van der Waals surface area contributed by atoms with Gasteiger partial charge in [0, 0.05) is 50.3 Å². The smallest absolute Gasteiger partial charge is 0.264 e. The number of phenols is 1. The number of hydrogen-bond acceptors (Lipinski definition) is 6. The first kappa shape index (κ1) is 15.8. The highest BCUT2D eigenvalue weighted by Crippen LogP contribution is 2.40. The van der Waals surface area contributed by atoms with E-state index in [9.17, 15) is 13.9 Å². The van der Waals surface area contributed by atoms with Crippen LogP contribution in [0.15, 0.2) is 49.1 Å². The second kappa shape index (κ2) is 6.77. The summed E-state index contributed by atoms with van der Waals surface area (Å²) in [7, 11) is 0. The standard InChI is InChI=1S/C20H19F2N5O2/c21-20(22)10-12-7-14(9-18(20)24-12)29-19-4-3-16(25-26-19)15-2-1-13(8-17(15)28)27-6-5-23-11-27/h1-6,8,11-12,14,18,24,28H,7,9-10H2/t12-,14+,18+/m1/s1/i12D,18D. The second-order valence-electron chi connectivity index (χ2n) is 7.16. The molecule has 150 valence electrons. The van der Waals surface area contributed by atoms with Crippen LogP contribution in [0.4, 0.5) is 8.78 Å². The summed E-state index contributed by atoms with van der Waals surface area (Å²) in [6.07, 6.45) is 3.28. The molecule has 0 spiro atoms. The summed E-state index contributed by atoms with van der Waals surface area (Å²) < 4.78 is 52.0. The van der Waals surface area contributed by atoms with Crippen molar-refractivity contribution in [2.75, 3.05) is 0 Å². The SMILES string of the molecule is [2H][C@]12C[C@H](Oc3ccc(-c4ccc(-n5ccnc5)cc4O)nn3)C[C@]([2H])(N1)C(F)(F)C2. The fourth-order valence-electron chi connectivity index (χ4n) is 3.71. The van der Waals surface area contributed by atoms with E-state index in [2.05, 4.69) is 20.5 Å². The van der Waals surface area contributed by atoms with E-state index in [0.29, 0.717) is 11.3 Å². The predicted molar refractivity (Wildman–Crippen MR) is 100 cm³/mol. The molecule has 2 N–H and O–H groups in total. The summed E-state index contributed by atoms with van der Waals surface area (Å²) in [6.45, 7) is 0. The molecule has 5 rings (SSSR count). The van der Waals surface area contributed by atoms with Gasteiger partial charge in [0.1, 0.15) is 11.9 Å². The van der Waals surface area contributed by atoms with Gasteiger partial charge in [0.05, 0.1) is 25.1 Å². The summed E-state index contributed by atoms with van der Waals surface area (Å²) in [5.74, 6) is -3.18. The number of nitrogens with one attached hydrogen (secondary N) is 1. The number of ether oxygens (including phenoxy) is 1. The number of hydrogen-bond donors (Lipinski definition) is 2. The molecule has 2 aliphatic heterocycles. The molecule has 2 bridgehead atoms. The van der Waals surface area contributed by atoms with Gasteiger partial charge in [0.15, 0.2) is 0 Å². The normalized spacial score (nSPS) is 31.2. The second-order valence-corrected chi connectivity index (χ2v) is 7.16.